The van der Waals surface area contributed by atoms with Crippen molar-refractivity contribution in [1.29, 1.82) is 0 Å². The molecular formula is C21H21F3N6O2. The van der Waals surface area contributed by atoms with E-state index < -0.39 is 41.4 Å². The molecule has 32 heavy (non-hydrogen) atoms. The number of hydrogen-bond donors (Lipinski definition) is 2. The molecule has 1 unspecified atom stereocenters. The fourth-order valence-electron chi connectivity index (χ4n) is 3.80. The Morgan fingerprint density at radius 2 is 2.00 bits per heavy atom. The molecule has 0 fully saturated rings. The van der Waals surface area contributed by atoms with E-state index in [1.165, 1.54) is 25.6 Å². The van der Waals surface area contributed by atoms with Crippen molar-refractivity contribution in [2.45, 2.75) is 25.5 Å². The van der Waals surface area contributed by atoms with Gasteiger partial charge in [-0.25, -0.2) is 33.1 Å². The molecular weight excluding hydrogens is 425 g/mol. The number of methoxy groups -OCH3 is 1. The van der Waals surface area contributed by atoms with Crippen molar-refractivity contribution in [2.24, 2.45) is 16.6 Å². The van der Waals surface area contributed by atoms with Gasteiger partial charge in [-0.1, -0.05) is 6.92 Å². The molecule has 11 heteroatoms. The van der Waals surface area contributed by atoms with Gasteiger partial charge in [-0.05, 0) is 25.1 Å². The predicted octanol–water partition coefficient (Wildman–Crippen LogP) is 3.59. The average Bonchev–Trinajstić information content (AvgIpc) is 2.78. The molecule has 8 nitrogen and oxygen atoms in total. The Hall–Kier alpha value is -3.63. The summed E-state index contributed by atoms with van der Waals surface area (Å²) in [6.07, 6.45) is 2.24. The lowest BCUT2D eigenvalue weighted by atomic mass is 9.76. The monoisotopic (exact) mass is 446 g/mol. The van der Waals surface area contributed by atoms with Crippen LogP contribution in [0, 0.1) is 17.6 Å². The quantitative estimate of drug-likeness (QED) is 0.617. The van der Waals surface area contributed by atoms with Gasteiger partial charge in [0.15, 0.2) is 11.6 Å². The summed E-state index contributed by atoms with van der Waals surface area (Å²) in [5.41, 5.74) is 3.93. The zero-order valence-electron chi connectivity index (χ0n) is 17.6. The number of rotatable bonds is 5. The molecule has 1 aliphatic heterocycles. The first-order valence-corrected chi connectivity index (χ1v) is 9.80. The summed E-state index contributed by atoms with van der Waals surface area (Å²) in [6, 6.07) is 3.52. The van der Waals surface area contributed by atoms with Crippen LogP contribution in [-0.2, 0) is 10.3 Å². The van der Waals surface area contributed by atoms with Crippen LogP contribution in [0.25, 0.3) is 11.0 Å². The van der Waals surface area contributed by atoms with E-state index >= 15 is 4.39 Å². The molecule has 0 spiro atoms. The molecule has 0 saturated heterocycles. The molecule has 0 radical (unpaired) electrons. The SMILES string of the molecule is COc1cnc2c(Nc3ccc(F)c([C@]4(CF)N=C(N)OC(C)[C@H]4C)c3F)nccc2n1. The van der Waals surface area contributed by atoms with E-state index in [0.29, 0.717) is 16.9 Å². The molecule has 4 rings (SSSR count). The Kier molecular flexibility index (Phi) is 5.49. The number of aromatic nitrogens is 3. The maximum absolute atomic E-state index is 15.7. The molecule has 3 atom stereocenters. The zero-order valence-corrected chi connectivity index (χ0v) is 17.6. The van der Waals surface area contributed by atoms with Gasteiger partial charge in [-0.3, -0.25) is 0 Å². The smallest absolute Gasteiger partial charge is 0.283 e. The van der Waals surface area contributed by atoms with E-state index in [1.54, 1.807) is 19.9 Å². The minimum Gasteiger partial charge on any atom is -0.480 e. The number of nitrogens with zero attached hydrogens (tertiary/aromatic N) is 4. The van der Waals surface area contributed by atoms with Crippen LogP contribution in [0.2, 0.25) is 0 Å². The van der Waals surface area contributed by atoms with Crippen LogP contribution in [0.15, 0.2) is 35.6 Å². The summed E-state index contributed by atoms with van der Waals surface area (Å²) in [5, 5.41) is 2.81. The van der Waals surface area contributed by atoms with E-state index in [4.69, 9.17) is 15.2 Å². The van der Waals surface area contributed by atoms with E-state index in [9.17, 15) is 8.78 Å². The summed E-state index contributed by atoms with van der Waals surface area (Å²) in [6.45, 7) is 2.08. The number of fused-ring (bicyclic) bond motifs is 1. The Bertz CT molecular complexity index is 1210. The number of amidine groups is 1. The van der Waals surface area contributed by atoms with Crippen molar-refractivity contribution in [3.05, 3.63) is 47.8 Å². The molecule has 1 aliphatic rings. The largest absolute Gasteiger partial charge is 0.480 e. The van der Waals surface area contributed by atoms with E-state index in [2.05, 4.69) is 25.3 Å². The van der Waals surface area contributed by atoms with Gasteiger partial charge in [0.05, 0.1) is 30.1 Å². The highest BCUT2D eigenvalue weighted by Gasteiger charge is 2.49. The minimum absolute atomic E-state index is 0.132. The van der Waals surface area contributed by atoms with Gasteiger partial charge in [0.2, 0.25) is 5.88 Å². The molecule has 0 amide bonds. The van der Waals surface area contributed by atoms with E-state index in [-0.39, 0.29) is 17.5 Å². The van der Waals surface area contributed by atoms with Crippen LogP contribution < -0.4 is 15.8 Å². The lowest BCUT2D eigenvalue weighted by Crippen LogP contribution is -2.49. The number of nitrogens with one attached hydrogen (secondary N) is 1. The van der Waals surface area contributed by atoms with Crippen molar-refractivity contribution in [2.75, 3.05) is 19.1 Å². The fraction of sp³-hybridized carbons (Fsp3) is 0.333. The Labute approximate surface area is 181 Å². The molecule has 168 valence electrons. The first-order valence-electron chi connectivity index (χ1n) is 9.80. The highest BCUT2D eigenvalue weighted by Crippen LogP contribution is 2.44. The predicted molar refractivity (Wildman–Crippen MR) is 113 cm³/mol. The molecule has 2 aromatic heterocycles. The summed E-state index contributed by atoms with van der Waals surface area (Å²) >= 11 is 0. The van der Waals surface area contributed by atoms with Crippen LogP contribution in [0.4, 0.5) is 24.7 Å². The molecule has 0 saturated carbocycles. The number of pyridine rings is 1. The molecule has 3 aromatic rings. The van der Waals surface area contributed by atoms with Gasteiger partial charge in [0.25, 0.3) is 6.02 Å². The van der Waals surface area contributed by atoms with E-state index in [0.717, 1.165) is 6.07 Å². The van der Waals surface area contributed by atoms with Crippen LogP contribution in [0.1, 0.15) is 19.4 Å². The molecule has 1 aromatic carbocycles. The number of nitrogens with two attached hydrogens (primary N) is 1. The maximum Gasteiger partial charge on any atom is 0.283 e. The van der Waals surface area contributed by atoms with Gasteiger partial charge in [0.1, 0.15) is 29.7 Å². The maximum atomic E-state index is 15.7. The van der Waals surface area contributed by atoms with Gasteiger partial charge < -0.3 is 20.5 Å². The number of ether oxygens (including phenoxy) is 2. The van der Waals surface area contributed by atoms with Gasteiger partial charge in [-0.2, -0.15) is 0 Å². The normalized spacial score (nSPS) is 22.9. The summed E-state index contributed by atoms with van der Waals surface area (Å²) in [7, 11) is 1.46. The topological polar surface area (TPSA) is 108 Å². The van der Waals surface area contributed by atoms with Crippen LogP contribution >= 0.6 is 0 Å². The number of halogens is 3. The van der Waals surface area contributed by atoms with Crippen LogP contribution in [-0.4, -0.2) is 40.9 Å². The van der Waals surface area contributed by atoms with Crippen molar-refractivity contribution in [3.8, 4) is 5.88 Å². The first-order chi connectivity index (χ1) is 15.3. The first kappa shape index (κ1) is 21.6. The molecule has 3 N–H and O–H groups in total. The van der Waals surface area contributed by atoms with Crippen molar-refractivity contribution < 1.29 is 22.6 Å². The number of benzene rings is 1. The van der Waals surface area contributed by atoms with Crippen molar-refractivity contribution >= 4 is 28.6 Å². The Balaban J connectivity index is 1.83. The standard InChI is InChI=1S/C21H21F3N6O2/c1-10-11(2)32-20(25)30-21(10,9-22)16-12(23)4-5-13(17(16)24)29-19-18-14(6-7-26-19)28-15(31-3)8-27-18/h4-8,10-11H,9H2,1-3H3,(H2,25,30)(H,26,29)/t10-,11?,21-/m1/s1. The van der Waals surface area contributed by atoms with Crippen LogP contribution in [0.3, 0.4) is 0 Å². The second-order valence-electron chi connectivity index (χ2n) is 7.47. The third kappa shape index (κ3) is 3.43. The third-order valence-electron chi connectivity index (χ3n) is 5.70. The lowest BCUT2D eigenvalue weighted by molar-refractivity contribution is 0.0476. The highest BCUT2D eigenvalue weighted by molar-refractivity contribution is 5.87. The number of hydrogen-bond acceptors (Lipinski definition) is 8. The van der Waals surface area contributed by atoms with Gasteiger partial charge >= 0.3 is 0 Å². The lowest BCUT2D eigenvalue weighted by Gasteiger charge is -2.40. The third-order valence-corrected chi connectivity index (χ3v) is 5.70. The number of anilines is 2. The number of alkyl halides is 1. The summed E-state index contributed by atoms with van der Waals surface area (Å²) in [5.74, 6) is -2.18. The minimum atomic E-state index is -1.88. The molecule has 0 aliphatic carbocycles. The zero-order chi connectivity index (χ0) is 23.0. The van der Waals surface area contributed by atoms with Gasteiger partial charge in [0, 0.05) is 12.1 Å². The Morgan fingerprint density at radius 1 is 1.22 bits per heavy atom. The summed E-state index contributed by atoms with van der Waals surface area (Å²) < 4.78 is 55.4. The van der Waals surface area contributed by atoms with Crippen molar-refractivity contribution in [1.82, 2.24) is 15.0 Å². The fourth-order valence-corrected chi connectivity index (χ4v) is 3.80. The van der Waals surface area contributed by atoms with Crippen LogP contribution in [0.5, 0.6) is 5.88 Å². The van der Waals surface area contributed by atoms with Crippen molar-refractivity contribution in [3.63, 3.8) is 0 Å². The number of aliphatic imine (C=N–C) groups is 1. The van der Waals surface area contributed by atoms with Gasteiger partial charge in [-0.15, -0.1) is 0 Å². The molecule has 3 heterocycles. The Morgan fingerprint density at radius 3 is 2.72 bits per heavy atom. The van der Waals surface area contributed by atoms with E-state index in [1.807, 2.05) is 0 Å². The average molecular weight is 446 g/mol. The second-order valence-corrected chi connectivity index (χ2v) is 7.47. The molecule has 0 bridgehead atoms. The second kappa shape index (κ2) is 8.13. The highest BCUT2D eigenvalue weighted by atomic mass is 19.1. The summed E-state index contributed by atoms with van der Waals surface area (Å²) in [4.78, 5) is 16.7.